The highest BCUT2D eigenvalue weighted by Crippen LogP contribution is 2.30. The quantitative estimate of drug-likeness (QED) is 0.670. The van der Waals surface area contributed by atoms with Gasteiger partial charge in [0.2, 0.25) is 5.91 Å². The predicted octanol–water partition coefficient (Wildman–Crippen LogP) is 5.95. The number of carbonyl (C=O) groups excluding carboxylic acids is 1. The molecular formula is C18H20Cl2N2OS. The molecule has 0 atom stereocenters. The van der Waals surface area contributed by atoms with Crippen molar-refractivity contribution in [2.75, 3.05) is 5.32 Å². The largest absolute Gasteiger partial charge is 0.302 e. The monoisotopic (exact) mass is 382 g/mol. The lowest BCUT2D eigenvalue weighted by Gasteiger charge is -2.07. The van der Waals surface area contributed by atoms with Gasteiger partial charge in [-0.3, -0.25) is 4.79 Å². The second-order valence-corrected chi connectivity index (χ2v) is 8.16. The Morgan fingerprint density at radius 3 is 2.88 bits per heavy atom. The lowest BCUT2D eigenvalue weighted by molar-refractivity contribution is -0.116. The average molecular weight is 383 g/mol. The van der Waals surface area contributed by atoms with E-state index >= 15 is 0 Å². The summed E-state index contributed by atoms with van der Waals surface area (Å²) in [4.78, 5) is 17.4. The van der Waals surface area contributed by atoms with Gasteiger partial charge in [-0.15, -0.1) is 11.3 Å². The zero-order valence-corrected chi connectivity index (χ0v) is 15.7. The fraction of sp³-hybridized carbons (Fsp3) is 0.444. The van der Waals surface area contributed by atoms with E-state index in [2.05, 4.69) is 10.3 Å². The summed E-state index contributed by atoms with van der Waals surface area (Å²) in [5.41, 5.74) is 0.965. The first-order valence-electron chi connectivity index (χ1n) is 8.29. The molecular weight excluding hydrogens is 363 g/mol. The van der Waals surface area contributed by atoms with Crippen LogP contribution in [0.15, 0.2) is 24.4 Å². The maximum absolute atomic E-state index is 12.1. The van der Waals surface area contributed by atoms with Crippen molar-refractivity contribution in [3.8, 4) is 0 Å². The number of benzene rings is 1. The van der Waals surface area contributed by atoms with Gasteiger partial charge >= 0.3 is 0 Å². The molecule has 128 valence electrons. The summed E-state index contributed by atoms with van der Waals surface area (Å²) in [5.74, 6) is 0.788. The fourth-order valence-corrected chi connectivity index (χ4v) is 4.37. The number of nitrogens with one attached hydrogen (secondary N) is 1. The zero-order valence-electron chi connectivity index (χ0n) is 13.4. The predicted molar refractivity (Wildman–Crippen MR) is 101 cm³/mol. The normalized spacial score (nSPS) is 14.9. The van der Waals surface area contributed by atoms with Crippen LogP contribution in [0.25, 0.3) is 0 Å². The van der Waals surface area contributed by atoms with Crippen LogP contribution in [0.5, 0.6) is 0 Å². The maximum Gasteiger partial charge on any atom is 0.226 e. The zero-order chi connectivity index (χ0) is 16.9. The molecule has 0 saturated heterocycles. The van der Waals surface area contributed by atoms with E-state index in [0.717, 1.165) is 22.8 Å². The summed E-state index contributed by atoms with van der Waals surface area (Å²) in [5, 5.41) is 4.69. The number of halogens is 2. The molecule has 24 heavy (non-hydrogen) atoms. The summed E-state index contributed by atoms with van der Waals surface area (Å²) in [7, 11) is 0. The first-order chi connectivity index (χ1) is 11.6. The fourth-order valence-electron chi connectivity index (χ4n) is 3.14. The molecule has 1 amide bonds. The summed E-state index contributed by atoms with van der Waals surface area (Å²) in [6.07, 6.45) is 9.19. The number of hydrogen-bond acceptors (Lipinski definition) is 3. The van der Waals surface area contributed by atoms with Crippen LogP contribution in [0.3, 0.4) is 0 Å². The minimum Gasteiger partial charge on any atom is -0.302 e. The molecule has 2 aromatic rings. The maximum atomic E-state index is 12.1. The van der Waals surface area contributed by atoms with E-state index in [0.29, 0.717) is 28.0 Å². The number of anilines is 1. The highest BCUT2D eigenvalue weighted by Gasteiger charge is 2.16. The van der Waals surface area contributed by atoms with Gasteiger partial charge < -0.3 is 5.32 Å². The number of amides is 1. The van der Waals surface area contributed by atoms with Crippen LogP contribution in [-0.2, 0) is 11.2 Å². The Morgan fingerprint density at radius 1 is 1.29 bits per heavy atom. The lowest BCUT2D eigenvalue weighted by Crippen LogP contribution is -2.12. The number of aromatic nitrogens is 1. The number of hydrogen-bond donors (Lipinski definition) is 1. The molecule has 0 unspecified atom stereocenters. The van der Waals surface area contributed by atoms with E-state index in [4.69, 9.17) is 23.2 Å². The molecule has 0 bridgehead atoms. The average Bonchev–Trinajstić information content (AvgIpc) is 3.22. The molecule has 0 aliphatic heterocycles. The molecule has 1 heterocycles. The van der Waals surface area contributed by atoms with Crippen LogP contribution in [-0.4, -0.2) is 10.9 Å². The molecule has 0 radical (unpaired) electrons. The van der Waals surface area contributed by atoms with E-state index in [9.17, 15) is 4.79 Å². The molecule has 6 heteroatoms. The first-order valence-corrected chi connectivity index (χ1v) is 9.86. The second kappa shape index (κ2) is 8.32. The summed E-state index contributed by atoms with van der Waals surface area (Å²) in [6, 6.07) is 5.61. The van der Waals surface area contributed by atoms with E-state index < -0.39 is 0 Å². The molecule has 3 nitrogen and oxygen atoms in total. The van der Waals surface area contributed by atoms with Crippen LogP contribution in [0.1, 0.15) is 49.0 Å². The Bertz CT molecular complexity index is 711. The molecule has 1 fully saturated rings. The molecule has 1 saturated carbocycles. The third kappa shape index (κ3) is 4.71. The minimum absolute atomic E-state index is 0.0589. The Balaban J connectivity index is 1.53. The molecule has 1 aromatic heterocycles. The molecule has 0 spiro atoms. The minimum atomic E-state index is 0.0589. The molecule has 3 rings (SSSR count). The van der Waals surface area contributed by atoms with Crippen LogP contribution < -0.4 is 5.32 Å². The van der Waals surface area contributed by atoms with Gasteiger partial charge in [0.1, 0.15) is 0 Å². The van der Waals surface area contributed by atoms with Crippen LogP contribution in [0, 0.1) is 5.92 Å². The highest BCUT2D eigenvalue weighted by atomic mass is 35.5. The Hall–Kier alpha value is -1.10. The van der Waals surface area contributed by atoms with Crippen LogP contribution in [0.2, 0.25) is 10.0 Å². The van der Waals surface area contributed by atoms with Crippen molar-refractivity contribution in [3.05, 3.63) is 44.9 Å². The van der Waals surface area contributed by atoms with Gasteiger partial charge in [0.05, 0.1) is 10.0 Å². The molecule has 1 N–H and O–H groups in total. The van der Waals surface area contributed by atoms with Gasteiger partial charge in [-0.1, -0.05) is 61.0 Å². The standard InChI is InChI=1S/C18H20Cl2N2OS/c19-15-7-3-6-13(17(15)20)10-14-11-21-18(24-14)22-16(23)9-8-12-4-1-2-5-12/h3,6-7,11-12H,1-2,4-5,8-10H2,(H,21,22,23). The molecule has 1 aliphatic carbocycles. The SMILES string of the molecule is O=C(CCC1CCCC1)Nc1ncc(Cc2cccc(Cl)c2Cl)s1. The van der Waals surface area contributed by atoms with Crippen molar-refractivity contribution in [2.45, 2.75) is 44.9 Å². The van der Waals surface area contributed by atoms with E-state index in [1.807, 2.05) is 12.1 Å². The third-order valence-corrected chi connectivity index (χ3v) is 6.22. The van der Waals surface area contributed by atoms with Gasteiger partial charge in [-0.2, -0.15) is 0 Å². The van der Waals surface area contributed by atoms with Crippen molar-refractivity contribution in [1.29, 1.82) is 0 Å². The Labute approximate surface area is 156 Å². The smallest absolute Gasteiger partial charge is 0.226 e. The summed E-state index contributed by atoms with van der Waals surface area (Å²) in [6.45, 7) is 0. The van der Waals surface area contributed by atoms with Crippen LogP contribution in [0.4, 0.5) is 5.13 Å². The topological polar surface area (TPSA) is 42.0 Å². The van der Waals surface area contributed by atoms with E-state index in [1.54, 1.807) is 12.3 Å². The first kappa shape index (κ1) is 17.7. The Kier molecular flexibility index (Phi) is 6.14. The van der Waals surface area contributed by atoms with Gasteiger partial charge in [0, 0.05) is 23.9 Å². The van der Waals surface area contributed by atoms with E-state index in [1.165, 1.54) is 37.0 Å². The number of carbonyl (C=O) groups is 1. The van der Waals surface area contributed by atoms with Crippen molar-refractivity contribution in [2.24, 2.45) is 5.92 Å². The van der Waals surface area contributed by atoms with Gasteiger partial charge in [0.25, 0.3) is 0 Å². The Morgan fingerprint density at radius 2 is 2.08 bits per heavy atom. The van der Waals surface area contributed by atoms with E-state index in [-0.39, 0.29) is 5.91 Å². The number of nitrogens with zero attached hydrogens (tertiary/aromatic N) is 1. The highest BCUT2D eigenvalue weighted by molar-refractivity contribution is 7.15. The third-order valence-electron chi connectivity index (χ3n) is 4.45. The van der Waals surface area contributed by atoms with Crippen molar-refractivity contribution in [3.63, 3.8) is 0 Å². The summed E-state index contributed by atoms with van der Waals surface area (Å²) < 4.78 is 0. The molecule has 1 aromatic carbocycles. The lowest BCUT2D eigenvalue weighted by atomic mass is 10.0. The van der Waals surface area contributed by atoms with Gasteiger partial charge in [0.15, 0.2) is 5.13 Å². The number of rotatable bonds is 6. The van der Waals surface area contributed by atoms with Crippen molar-refractivity contribution < 1.29 is 4.79 Å². The van der Waals surface area contributed by atoms with Crippen molar-refractivity contribution in [1.82, 2.24) is 4.98 Å². The second-order valence-electron chi connectivity index (χ2n) is 6.26. The van der Waals surface area contributed by atoms with Crippen LogP contribution >= 0.6 is 34.5 Å². The van der Waals surface area contributed by atoms with Gasteiger partial charge in [-0.25, -0.2) is 4.98 Å². The van der Waals surface area contributed by atoms with Gasteiger partial charge in [-0.05, 0) is 24.0 Å². The van der Waals surface area contributed by atoms with Crippen molar-refractivity contribution >= 4 is 45.6 Å². The summed E-state index contributed by atoms with van der Waals surface area (Å²) >= 11 is 13.7. The number of thiazole rings is 1. The molecule has 1 aliphatic rings.